The second-order valence-corrected chi connectivity index (χ2v) is 8.48. The van der Waals surface area contributed by atoms with Gasteiger partial charge in [0.15, 0.2) is 0 Å². The van der Waals surface area contributed by atoms with E-state index in [2.05, 4.69) is 0 Å². The SMILES string of the molecule is O=Cc1ccc(N2/C(=C3\C(=O)c4ccccc4N3c3ccc(C=O)cc3)C(=O)c3ccccc32)cc1. The van der Waals surface area contributed by atoms with Gasteiger partial charge in [0.1, 0.15) is 24.0 Å². The molecular weight excluding hydrogens is 452 g/mol. The third-order valence-electron chi connectivity index (χ3n) is 6.46. The van der Waals surface area contributed by atoms with Gasteiger partial charge in [0.25, 0.3) is 0 Å². The predicted octanol–water partition coefficient (Wildman–Crippen LogP) is 5.89. The van der Waals surface area contributed by atoms with Crippen molar-refractivity contribution in [3.05, 3.63) is 131 Å². The summed E-state index contributed by atoms with van der Waals surface area (Å²) in [4.78, 5) is 53.8. The Labute approximate surface area is 206 Å². The summed E-state index contributed by atoms with van der Waals surface area (Å²) < 4.78 is 0. The second-order valence-electron chi connectivity index (χ2n) is 8.48. The number of nitrogens with zero attached hydrogens (tertiary/aromatic N) is 2. The Morgan fingerprint density at radius 3 is 1.19 bits per heavy atom. The van der Waals surface area contributed by atoms with E-state index in [0.717, 1.165) is 12.6 Å². The van der Waals surface area contributed by atoms with Gasteiger partial charge in [-0.2, -0.15) is 0 Å². The molecule has 0 aromatic heterocycles. The Hall–Kier alpha value is -5.10. The van der Waals surface area contributed by atoms with Crippen molar-refractivity contribution in [3.8, 4) is 0 Å². The van der Waals surface area contributed by atoms with Crippen molar-refractivity contribution in [1.82, 2.24) is 0 Å². The van der Waals surface area contributed by atoms with Crippen LogP contribution in [0.4, 0.5) is 22.7 Å². The number of anilines is 4. The lowest BCUT2D eigenvalue weighted by atomic mass is 10.1. The summed E-state index contributed by atoms with van der Waals surface area (Å²) in [6.45, 7) is 0. The number of hydrogen-bond donors (Lipinski definition) is 0. The summed E-state index contributed by atoms with van der Waals surface area (Å²) in [5, 5.41) is 0. The van der Waals surface area contributed by atoms with Crippen LogP contribution < -0.4 is 9.80 Å². The van der Waals surface area contributed by atoms with Crippen LogP contribution in [-0.2, 0) is 0 Å². The molecule has 4 aromatic carbocycles. The molecule has 6 heteroatoms. The molecule has 0 saturated heterocycles. The van der Waals surface area contributed by atoms with Gasteiger partial charge >= 0.3 is 0 Å². The van der Waals surface area contributed by atoms with E-state index in [0.29, 0.717) is 45.0 Å². The number of rotatable bonds is 4. The fourth-order valence-corrected chi connectivity index (χ4v) is 4.79. The van der Waals surface area contributed by atoms with Crippen molar-refractivity contribution in [2.45, 2.75) is 0 Å². The van der Waals surface area contributed by atoms with Gasteiger partial charge in [-0.15, -0.1) is 0 Å². The maximum absolute atomic E-state index is 13.9. The first-order valence-corrected chi connectivity index (χ1v) is 11.3. The number of carbonyl (C=O) groups is 4. The van der Waals surface area contributed by atoms with Crippen LogP contribution in [0.1, 0.15) is 41.4 Å². The van der Waals surface area contributed by atoms with Crippen LogP contribution in [0.15, 0.2) is 108 Å². The lowest BCUT2D eigenvalue weighted by Crippen LogP contribution is -2.25. The van der Waals surface area contributed by atoms with Crippen LogP contribution in [0.25, 0.3) is 0 Å². The van der Waals surface area contributed by atoms with Crippen molar-refractivity contribution in [1.29, 1.82) is 0 Å². The Bertz CT molecular complexity index is 1480. The largest absolute Gasteiger partial charge is 0.304 e. The van der Waals surface area contributed by atoms with Crippen molar-refractivity contribution in [3.63, 3.8) is 0 Å². The van der Waals surface area contributed by atoms with Crippen molar-refractivity contribution in [2.75, 3.05) is 9.80 Å². The van der Waals surface area contributed by atoms with Crippen molar-refractivity contribution in [2.24, 2.45) is 0 Å². The zero-order valence-electron chi connectivity index (χ0n) is 18.9. The van der Waals surface area contributed by atoms with Gasteiger partial charge in [-0.3, -0.25) is 19.2 Å². The van der Waals surface area contributed by atoms with Gasteiger partial charge in [0.05, 0.1) is 11.4 Å². The molecule has 0 atom stereocenters. The summed E-state index contributed by atoms with van der Waals surface area (Å²) >= 11 is 0. The number of carbonyl (C=O) groups excluding carboxylic acids is 4. The molecule has 0 unspecified atom stereocenters. The van der Waals surface area contributed by atoms with E-state index in [4.69, 9.17) is 0 Å². The van der Waals surface area contributed by atoms with E-state index in [1.54, 1.807) is 82.6 Å². The second kappa shape index (κ2) is 8.29. The molecule has 0 amide bonds. The molecule has 6 nitrogen and oxygen atoms in total. The molecular formula is C30H18N2O4. The number of allylic oxidation sites excluding steroid dienone is 2. The first-order valence-electron chi connectivity index (χ1n) is 11.3. The summed E-state index contributed by atoms with van der Waals surface area (Å²) in [5.41, 5.74) is 5.07. The van der Waals surface area contributed by atoms with Crippen LogP contribution >= 0.6 is 0 Å². The topological polar surface area (TPSA) is 74.8 Å². The molecule has 4 aromatic rings. The van der Waals surface area contributed by atoms with Crippen LogP contribution in [0.2, 0.25) is 0 Å². The highest BCUT2D eigenvalue weighted by Gasteiger charge is 2.43. The predicted molar refractivity (Wildman–Crippen MR) is 137 cm³/mol. The summed E-state index contributed by atoms with van der Waals surface area (Å²) in [6, 6.07) is 28.2. The quantitative estimate of drug-likeness (QED) is 0.273. The zero-order valence-corrected chi connectivity index (χ0v) is 18.9. The molecule has 36 heavy (non-hydrogen) atoms. The van der Waals surface area contributed by atoms with Gasteiger partial charge in [-0.25, -0.2) is 0 Å². The van der Waals surface area contributed by atoms with E-state index >= 15 is 0 Å². The van der Waals surface area contributed by atoms with Crippen LogP contribution in [0, 0.1) is 0 Å². The highest BCUT2D eigenvalue weighted by atomic mass is 16.1. The average molecular weight is 470 g/mol. The highest BCUT2D eigenvalue weighted by Crippen LogP contribution is 2.48. The molecule has 0 bridgehead atoms. The van der Waals surface area contributed by atoms with Gasteiger partial charge in [-0.05, 0) is 72.8 Å². The van der Waals surface area contributed by atoms with Crippen molar-refractivity contribution >= 4 is 46.9 Å². The summed E-state index contributed by atoms with van der Waals surface area (Å²) in [5.74, 6) is -0.536. The monoisotopic (exact) mass is 470 g/mol. The van der Waals surface area contributed by atoms with Gasteiger partial charge in [0.2, 0.25) is 11.6 Å². The minimum Gasteiger partial charge on any atom is -0.304 e. The third-order valence-corrected chi connectivity index (χ3v) is 6.46. The van der Waals surface area contributed by atoms with E-state index in [1.807, 2.05) is 24.3 Å². The van der Waals surface area contributed by atoms with Crippen LogP contribution in [0.5, 0.6) is 0 Å². The Morgan fingerprint density at radius 1 is 0.472 bits per heavy atom. The summed E-state index contributed by atoms with van der Waals surface area (Å²) in [7, 11) is 0. The molecule has 2 aliphatic rings. The number of Topliss-reactive ketones (excluding diaryl/α,β-unsaturated/α-hetero) is 2. The third kappa shape index (κ3) is 3.12. The van der Waals surface area contributed by atoms with Crippen LogP contribution in [-0.4, -0.2) is 24.1 Å². The molecule has 2 heterocycles. The number of benzene rings is 4. The van der Waals surface area contributed by atoms with Gasteiger partial charge < -0.3 is 9.80 Å². The first-order chi connectivity index (χ1) is 17.6. The van der Waals surface area contributed by atoms with E-state index < -0.39 is 0 Å². The standard InChI is InChI=1S/C30H18N2O4/c33-17-19-9-13-21(14-10-19)31-25-7-3-1-5-23(25)29(35)27(31)28-30(36)24-6-2-4-8-26(24)32(28)22-15-11-20(18-34)12-16-22/h1-18H/b28-27+. The molecule has 0 radical (unpaired) electrons. The Kier molecular flexibility index (Phi) is 4.93. The van der Waals surface area contributed by atoms with Gasteiger partial charge in [0, 0.05) is 33.6 Å². The number of aldehydes is 2. The maximum Gasteiger partial charge on any atom is 0.214 e. The normalized spacial score (nSPS) is 16.2. The number of ketones is 2. The minimum absolute atomic E-state index is 0.232. The molecule has 0 aliphatic carbocycles. The number of para-hydroxylation sites is 2. The molecule has 0 N–H and O–H groups in total. The van der Waals surface area contributed by atoms with E-state index in [9.17, 15) is 19.2 Å². The van der Waals surface area contributed by atoms with Gasteiger partial charge in [-0.1, -0.05) is 24.3 Å². The molecule has 0 spiro atoms. The number of hydrogen-bond acceptors (Lipinski definition) is 6. The molecule has 0 saturated carbocycles. The van der Waals surface area contributed by atoms with Crippen LogP contribution in [0.3, 0.4) is 0 Å². The zero-order chi connectivity index (χ0) is 24.8. The summed E-state index contributed by atoms with van der Waals surface area (Å²) in [6.07, 6.45) is 1.52. The minimum atomic E-state index is -0.268. The maximum atomic E-state index is 13.9. The lowest BCUT2D eigenvalue weighted by Gasteiger charge is -2.27. The van der Waals surface area contributed by atoms with E-state index in [1.165, 1.54) is 0 Å². The smallest absolute Gasteiger partial charge is 0.214 e. The molecule has 172 valence electrons. The fourth-order valence-electron chi connectivity index (χ4n) is 4.79. The Balaban J connectivity index is 1.64. The highest BCUT2D eigenvalue weighted by molar-refractivity contribution is 6.30. The average Bonchev–Trinajstić information content (AvgIpc) is 3.39. The van der Waals surface area contributed by atoms with Crippen molar-refractivity contribution < 1.29 is 19.2 Å². The molecule has 2 aliphatic heterocycles. The number of fused-ring (bicyclic) bond motifs is 2. The molecule has 6 rings (SSSR count). The molecule has 0 fully saturated rings. The van der Waals surface area contributed by atoms with E-state index in [-0.39, 0.29) is 23.0 Å². The lowest BCUT2D eigenvalue weighted by molar-refractivity contribution is 0.101. The first kappa shape index (κ1) is 21.4. The fraction of sp³-hybridized carbons (Fsp3) is 0. The Morgan fingerprint density at radius 2 is 0.833 bits per heavy atom.